The van der Waals surface area contributed by atoms with Crippen LogP contribution in [0, 0.1) is 0 Å². The molecular weight excluding hydrogens is 614 g/mol. The summed E-state index contributed by atoms with van der Waals surface area (Å²) in [4.78, 5) is 43.4. The van der Waals surface area contributed by atoms with E-state index < -0.39 is 6.10 Å². The van der Waals surface area contributed by atoms with Gasteiger partial charge < -0.3 is 29.3 Å². The van der Waals surface area contributed by atoms with Crippen molar-refractivity contribution >= 4 is 17.7 Å². The Morgan fingerprint density at radius 1 is 1.04 bits per heavy atom. The van der Waals surface area contributed by atoms with Gasteiger partial charge in [-0.15, -0.1) is 5.10 Å². The molecule has 3 heterocycles. The Hall–Kier alpha value is -5.30. The van der Waals surface area contributed by atoms with Crippen LogP contribution in [0.25, 0.3) is 0 Å². The number of aryl methyl sites for hydroxylation is 1. The van der Waals surface area contributed by atoms with E-state index in [0.29, 0.717) is 55.3 Å². The number of benzene rings is 3. The van der Waals surface area contributed by atoms with Gasteiger partial charge in [-0.1, -0.05) is 30.3 Å². The number of carbonyl (C=O) groups is 3. The van der Waals surface area contributed by atoms with Crippen molar-refractivity contribution in [3.63, 3.8) is 0 Å². The smallest absolute Gasteiger partial charge is 0.253 e. The van der Waals surface area contributed by atoms with Crippen molar-refractivity contribution in [1.29, 1.82) is 0 Å². The molecule has 0 radical (unpaired) electrons. The number of likely N-dealkylation sites (N-methyl/N-ethyl adjacent to an activating group) is 1. The number of aromatic nitrogens is 4. The largest absolute Gasteiger partial charge is 0.493 e. The monoisotopic (exact) mass is 653 g/mol. The Balaban J connectivity index is 1.22. The number of rotatable bonds is 5. The van der Waals surface area contributed by atoms with Crippen LogP contribution in [0.15, 0.2) is 73.1 Å². The molecule has 2 atom stereocenters. The molecule has 1 N–H and O–H groups in total. The highest BCUT2D eigenvalue weighted by molar-refractivity contribution is 5.94. The summed E-state index contributed by atoms with van der Waals surface area (Å²) in [5, 5.41) is 14.3. The molecule has 2 aliphatic rings. The molecule has 250 valence electrons. The highest BCUT2D eigenvalue weighted by Crippen LogP contribution is 2.33. The van der Waals surface area contributed by atoms with Crippen LogP contribution < -0.4 is 14.8 Å². The van der Waals surface area contributed by atoms with E-state index in [1.807, 2.05) is 61.5 Å². The lowest BCUT2D eigenvalue weighted by Gasteiger charge is -2.39. The summed E-state index contributed by atoms with van der Waals surface area (Å²) >= 11 is 0. The molecule has 3 amide bonds. The van der Waals surface area contributed by atoms with E-state index in [9.17, 15) is 14.4 Å². The first-order valence-electron chi connectivity index (χ1n) is 16.1. The van der Waals surface area contributed by atoms with E-state index in [1.54, 1.807) is 33.7 Å². The van der Waals surface area contributed by atoms with Gasteiger partial charge in [-0.25, -0.2) is 4.68 Å². The van der Waals surface area contributed by atoms with Gasteiger partial charge in [0, 0.05) is 31.6 Å². The molecule has 4 aromatic rings. The van der Waals surface area contributed by atoms with E-state index in [1.165, 1.54) is 6.33 Å². The van der Waals surface area contributed by atoms with E-state index >= 15 is 0 Å². The molecule has 2 aliphatic heterocycles. The number of nitrogens with one attached hydrogen (secondary N) is 1. The number of amides is 3. The number of nitrogens with zero attached hydrogens (tertiary/aromatic N) is 6. The van der Waals surface area contributed by atoms with Gasteiger partial charge in [0.05, 0.1) is 39.0 Å². The van der Waals surface area contributed by atoms with Gasteiger partial charge >= 0.3 is 0 Å². The lowest BCUT2D eigenvalue weighted by molar-refractivity contribution is -0.136. The molecule has 1 saturated heterocycles. The number of hydrogen-bond donors (Lipinski definition) is 1. The number of ether oxygens (including phenoxy) is 3. The van der Waals surface area contributed by atoms with Crippen molar-refractivity contribution in [2.45, 2.75) is 51.5 Å². The van der Waals surface area contributed by atoms with Crippen molar-refractivity contribution < 1.29 is 28.6 Å². The molecule has 0 aliphatic carbocycles. The predicted octanol–water partition coefficient (Wildman–Crippen LogP) is 3.23. The van der Waals surface area contributed by atoms with Crippen LogP contribution in [0.2, 0.25) is 0 Å². The van der Waals surface area contributed by atoms with Crippen molar-refractivity contribution in [2.24, 2.45) is 0 Å². The molecule has 13 heteroatoms. The third-order valence-corrected chi connectivity index (χ3v) is 8.64. The first kappa shape index (κ1) is 32.6. The van der Waals surface area contributed by atoms with Gasteiger partial charge in [0.15, 0.2) is 11.5 Å². The first-order valence-corrected chi connectivity index (χ1v) is 16.1. The number of likely N-dealkylation sites (tertiary alicyclic amines) is 1. The van der Waals surface area contributed by atoms with Gasteiger partial charge in [0.2, 0.25) is 11.8 Å². The number of hydrogen-bond acceptors (Lipinski definition) is 9. The molecule has 4 bridgehead atoms. The lowest BCUT2D eigenvalue weighted by Crippen LogP contribution is -2.57. The summed E-state index contributed by atoms with van der Waals surface area (Å²) in [6.45, 7) is 3.66. The maximum absolute atomic E-state index is 13.6. The highest BCUT2D eigenvalue weighted by atomic mass is 16.5. The van der Waals surface area contributed by atoms with Gasteiger partial charge in [-0.3, -0.25) is 14.4 Å². The Labute approximate surface area is 278 Å². The van der Waals surface area contributed by atoms with Gasteiger partial charge in [-0.05, 0) is 83.3 Å². The van der Waals surface area contributed by atoms with Crippen molar-refractivity contribution in [1.82, 2.24) is 35.3 Å². The van der Waals surface area contributed by atoms with Gasteiger partial charge in [-0.2, -0.15) is 0 Å². The molecule has 13 nitrogen and oxygen atoms in total. The zero-order chi connectivity index (χ0) is 33.5. The number of piperidine rings is 1. The van der Waals surface area contributed by atoms with E-state index in [4.69, 9.17) is 14.2 Å². The second kappa shape index (κ2) is 15.1. The topological polar surface area (TPSA) is 141 Å². The Morgan fingerprint density at radius 3 is 2.67 bits per heavy atom. The minimum atomic E-state index is -0.489. The summed E-state index contributed by atoms with van der Waals surface area (Å²) in [5.74, 6) is 1.23. The number of carbonyl (C=O) groups excluding carboxylic acids is 3. The fourth-order valence-corrected chi connectivity index (χ4v) is 6.01. The number of tetrazole rings is 1. The van der Waals surface area contributed by atoms with Crippen LogP contribution in [0.4, 0.5) is 0 Å². The summed E-state index contributed by atoms with van der Waals surface area (Å²) in [6, 6.07) is 20.2. The summed E-state index contributed by atoms with van der Waals surface area (Å²) in [5.41, 5.74) is 3.31. The molecule has 1 fully saturated rings. The second-order valence-corrected chi connectivity index (χ2v) is 11.9. The molecule has 0 unspecified atom stereocenters. The number of fused-ring (bicyclic) bond motifs is 5. The molecule has 48 heavy (non-hydrogen) atoms. The van der Waals surface area contributed by atoms with Crippen LogP contribution >= 0.6 is 0 Å². The van der Waals surface area contributed by atoms with E-state index in [-0.39, 0.29) is 49.9 Å². The zero-order valence-electron chi connectivity index (χ0n) is 27.1. The summed E-state index contributed by atoms with van der Waals surface area (Å²) < 4.78 is 19.8. The maximum atomic E-state index is 13.6. The van der Waals surface area contributed by atoms with Crippen LogP contribution in [0.3, 0.4) is 0 Å². The Morgan fingerprint density at radius 2 is 1.90 bits per heavy atom. The molecule has 0 spiro atoms. The molecular formula is C35H39N7O6. The van der Waals surface area contributed by atoms with Crippen molar-refractivity contribution in [3.05, 3.63) is 95.3 Å². The van der Waals surface area contributed by atoms with Crippen molar-refractivity contribution in [2.75, 3.05) is 33.3 Å². The highest BCUT2D eigenvalue weighted by Gasteiger charge is 2.34. The first-order chi connectivity index (χ1) is 23.4. The van der Waals surface area contributed by atoms with E-state index in [2.05, 4.69) is 20.8 Å². The number of methoxy groups -OCH3 is 1. The fourth-order valence-electron chi connectivity index (χ4n) is 6.01. The van der Waals surface area contributed by atoms with Gasteiger partial charge in [0.1, 0.15) is 12.1 Å². The quantitative estimate of drug-likeness (QED) is 0.344. The fraction of sp³-hybridized carbons (Fsp3) is 0.371. The molecule has 3 aromatic carbocycles. The van der Waals surface area contributed by atoms with Gasteiger partial charge in [0.25, 0.3) is 5.91 Å². The normalized spacial score (nSPS) is 19.0. The van der Waals surface area contributed by atoms with Crippen LogP contribution in [-0.4, -0.2) is 93.2 Å². The second-order valence-electron chi connectivity index (χ2n) is 11.9. The third-order valence-electron chi connectivity index (χ3n) is 8.64. The van der Waals surface area contributed by atoms with Crippen LogP contribution in [0.5, 0.6) is 17.2 Å². The zero-order valence-corrected chi connectivity index (χ0v) is 27.1. The lowest BCUT2D eigenvalue weighted by atomic mass is 10.00. The van der Waals surface area contributed by atoms with E-state index in [0.717, 1.165) is 16.7 Å². The predicted molar refractivity (Wildman–Crippen MR) is 174 cm³/mol. The maximum Gasteiger partial charge on any atom is 0.253 e. The molecule has 1 aromatic heterocycles. The minimum Gasteiger partial charge on any atom is -0.493 e. The average molecular weight is 654 g/mol. The summed E-state index contributed by atoms with van der Waals surface area (Å²) in [7, 11) is 1.58. The van der Waals surface area contributed by atoms with Crippen LogP contribution in [-0.2, 0) is 33.9 Å². The Bertz CT molecular complexity index is 1730. The van der Waals surface area contributed by atoms with Crippen molar-refractivity contribution in [3.8, 4) is 17.2 Å². The third kappa shape index (κ3) is 7.97. The minimum absolute atomic E-state index is 0.0583. The Kier molecular flexibility index (Phi) is 10.2. The average Bonchev–Trinajstić information content (AvgIpc) is 3.62. The SMILES string of the molecule is CCN1CC(=O)N[C@H]2CCN(C(=O)c3ccc(Cn4cnnn4)cc3)C[C@@H]2OCc2cccc(c2)Oc2cc(ccc2OC)CCC1=O. The molecule has 6 rings (SSSR count). The van der Waals surface area contributed by atoms with Crippen LogP contribution in [0.1, 0.15) is 46.8 Å². The standard InChI is InChI=1S/C35H39N7O6/c1-3-40-21-33(43)37-29-15-16-41(35(45)27-11-7-25(8-12-27)19-42-23-36-38-39-42)20-32(29)47-22-26-5-4-6-28(17-26)48-31-18-24(10-14-34(40)44)9-13-30(31)46-2/h4-9,11-13,17-18,23,29,32H,3,10,14-16,19-22H2,1-2H3,(H,37,43)/t29-,32-/m0/s1. The summed E-state index contributed by atoms with van der Waals surface area (Å²) in [6.07, 6.45) is 2.28. The molecule has 0 saturated carbocycles.